The van der Waals surface area contributed by atoms with Crippen molar-refractivity contribution in [2.75, 3.05) is 6.54 Å². The molecule has 1 N–H and O–H groups in total. The minimum atomic E-state index is -1.17. The monoisotopic (exact) mass is 297 g/mol. The van der Waals surface area contributed by atoms with Gasteiger partial charge >= 0.3 is 5.97 Å². The Balaban J connectivity index is 1.64. The van der Waals surface area contributed by atoms with Crippen LogP contribution in [0.1, 0.15) is 45.1 Å². The Bertz CT molecular complexity index is 772. The second-order valence-corrected chi connectivity index (χ2v) is 6.07. The van der Waals surface area contributed by atoms with Gasteiger partial charge in [0.15, 0.2) is 5.76 Å². The van der Waals surface area contributed by atoms with Crippen molar-refractivity contribution in [1.82, 2.24) is 4.90 Å². The summed E-state index contributed by atoms with van der Waals surface area (Å²) in [7, 11) is 0. The van der Waals surface area contributed by atoms with Crippen molar-refractivity contribution in [2.45, 2.75) is 24.8 Å². The first-order valence-corrected chi connectivity index (χ1v) is 7.30. The molecule has 0 radical (unpaired) electrons. The zero-order chi connectivity index (χ0) is 15.3. The normalized spacial score (nSPS) is 18.1. The van der Waals surface area contributed by atoms with Gasteiger partial charge in [0.1, 0.15) is 0 Å². The van der Waals surface area contributed by atoms with E-state index in [1.54, 1.807) is 4.90 Å². The van der Waals surface area contributed by atoms with Crippen molar-refractivity contribution in [2.24, 2.45) is 0 Å². The molecular weight excluding hydrogens is 282 g/mol. The standard InChI is InChI=1S/C17H15NO4/c19-15(13-5-6-14(22-13)16(20)21)18-9-11-3-1-2-4-12(11)17(10-18)7-8-17/h1-6H,7-10H2,(H,20,21). The third kappa shape index (κ3) is 1.93. The van der Waals surface area contributed by atoms with Crippen molar-refractivity contribution >= 4 is 11.9 Å². The molecule has 5 heteroatoms. The number of furan rings is 1. The molecule has 1 aliphatic heterocycles. The minimum absolute atomic E-state index is 0.0900. The van der Waals surface area contributed by atoms with Crippen molar-refractivity contribution < 1.29 is 19.1 Å². The summed E-state index contributed by atoms with van der Waals surface area (Å²) in [6.45, 7) is 1.21. The number of carboxylic acids is 1. The van der Waals surface area contributed by atoms with Crippen LogP contribution in [0.2, 0.25) is 0 Å². The summed E-state index contributed by atoms with van der Waals surface area (Å²) in [6, 6.07) is 11.0. The average molecular weight is 297 g/mol. The summed E-state index contributed by atoms with van der Waals surface area (Å²) in [5.41, 5.74) is 2.61. The fourth-order valence-corrected chi connectivity index (χ4v) is 3.33. The van der Waals surface area contributed by atoms with Gasteiger partial charge in [-0.25, -0.2) is 4.79 Å². The predicted molar refractivity (Wildman–Crippen MR) is 77.8 cm³/mol. The van der Waals surface area contributed by atoms with Gasteiger partial charge in [0, 0.05) is 18.5 Å². The van der Waals surface area contributed by atoms with Crippen molar-refractivity contribution in [3.63, 3.8) is 0 Å². The van der Waals surface area contributed by atoms with Gasteiger partial charge in [-0.2, -0.15) is 0 Å². The maximum atomic E-state index is 12.6. The maximum absolute atomic E-state index is 12.6. The molecule has 0 atom stereocenters. The van der Waals surface area contributed by atoms with Crippen LogP contribution in [0.5, 0.6) is 0 Å². The minimum Gasteiger partial charge on any atom is -0.475 e. The molecule has 1 aromatic heterocycles. The Hall–Kier alpha value is -2.56. The number of carbonyl (C=O) groups excluding carboxylic acids is 1. The average Bonchev–Trinajstić information content (AvgIpc) is 3.11. The molecule has 0 bridgehead atoms. The van der Waals surface area contributed by atoms with Gasteiger partial charge in [0.25, 0.3) is 5.91 Å². The molecule has 0 saturated heterocycles. The zero-order valence-corrected chi connectivity index (χ0v) is 11.9. The van der Waals surface area contributed by atoms with Crippen molar-refractivity contribution in [3.05, 3.63) is 59.0 Å². The molecule has 1 aliphatic carbocycles. The largest absolute Gasteiger partial charge is 0.475 e. The molecule has 1 fully saturated rings. The van der Waals surface area contributed by atoms with Crippen molar-refractivity contribution in [3.8, 4) is 0 Å². The fraction of sp³-hybridized carbons (Fsp3) is 0.294. The van der Waals surface area contributed by atoms with Gasteiger partial charge in [0.05, 0.1) is 0 Å². The molecule has 1 saturated carbocycles. The van der Waals surface area contributed by atoms with Crippen LogP contribution in [0.25, 0.3) is 0 Å². The van der Waals surface area contributed by atoms with Crippen LogP contribution >= 0.6 is 0 Å². The van der Waals surface area contributed by atoms with Gasteiger partial charge in [0.2, 0.25) is 5.76 Å². The van der Waals surface area contributed by atoms with Crippen LogP contribution in [0.15, 0.2) is 40.8 Å². The highest BCUT2D eigenvalue weighted by Gasteiger charge is 2.50. The van der Waals surface area contributed by atoms with Gasteiger partial charge < -0.3 is 14.4 Å². The quantitative estimate of drug-likeness (QED) is 0.925. The van der Waals surface area contributed by atoms with E-state index in [0.717, 1.165) is 12.8 Å². The van der Waals surface area contributed by atoms with E-state index < -0.39 is 5.97 Å². The third-order valence-corrected chi connectivity index (χ3v) is 4.61. The second-order valence-electron chi connectivity index (χ2n) is 6.07. The molecular formula is C17H15NO4. The van der Waals surface area contributed by atoms with Crippen LogP contribution in [-0.2, 0) is 12.0 Å². The SMILES string of the molecule is O=C(O)c1ccc(C(=O)N2Cc3ccccc3C3(CC3)C2)o1. The topological polar surface area (TPSA) is 70.8 Å². The number of fused-ring (bicyclic) bond motifs is 2. The first-order chi connectivity index (χ1) is 10.6. The number of amides is 1. The number of aromatic carboxylic acids is 1. The Morgan fingerprint density at radius 3 is 2.50 bits per heavy atom. The number of hydrogen-bond donors (Lipinski definition) is 1. The number of rotatable bonds is 2. The van der Waals surface area contributed by atoms with E-state index in [1.165, 1.54) is 23.3 Å². The molecule has 1 spiro atoms. The molecule has 112 valence electrons. The van der Waals surface area contributed by atoms with Gasteiger partial charge in [-0.1, -0.05) is 24.3 Å². The summed E-state index contributed by atoms with van der Waals surface area (Å²) in [5, 5.41) is 8.89. The lowest BCUT2D eigenvalue weighted by atomic mass is 9.87. The molecule has 2 aliphatic rings. The maximum Gasteiger partial charge on any atom is 0.371 e. The van der Waals surface area contributed by atoms with E-state index >= 15 is 0 Å². The second kappa shape index (κ2) is 4.47. The molecule has 5 nitrogen and oxygen atoms in total. The number of carboxylic acid groups (broad SMARTS) is 1. The summed E-state index contributed by atoms with van der Waals surface area (Å²) in [5.74, 6) is -1.52. The fourth-order valence-electron chi connectivity index (χ4n) is 3.33. The Kier molecular flexibility index (Phi) is 2.66. The number of carbonyl (C=O) groups is 2. The van der Waals surface area contributed by atoms with E-state index in [-0.39, 0.29) is 22.8 Å². The Morgan fingerprint density at radius 1 is 1.09 bits per heavy atom. The summed E-state index contributed by atoms with van der Waals surface area (Å²) in [4.78, 5) is 25.2. The lowest BCUT2D eigenvalue weighted by Crippen LogP contribution is -2.41. The number of hydrogen-bond acceptors (Lipinski definition) is 3. The molecule has 22 heavy (non-hydrogen) atoms. The first kappa shape index (κ1) is 13.1. The van der Waals surface area contributed by atoms with E-state index in [9.17, 15) is 9.59 Å². The third-order valence-electron chi connectivity index (χ3n) is 4.61. The lowest BCUT2D eigenvalue weighted by Gasteiger charge is -2.34. The molecule has 1 amide bonds. The van der Waals surface area contributed by atoms with Gasteiger partial charge in [-0.15, -0.1) is 0 Å². The summed E-state index contributed by atoms with van der Waals surface area (Å²) in [6.07, 6.45) is 2.18. The highest BCUT2D eigenvalue weighted by molar-refractivity contribution is 5.93. The molecule has 1 aromatic carbocycles. The van der Waals surface area contributed by atoms with Crippen LogP contribution in [0.4, 0.5) is 0 Å². The van der Waals surface area contributed by atoms with Crippen LogP contribution in [0.3, 0.4) is 0 Å². The van der Waals surface area contributed by atoms with Crippen LogP contribution < -0.4 is 0 Å². The molecule has 4 rings (SSSR count). The van der Waals surface area contributed by atoms with Crippen LogP contribution in [-0.4, -0.2) is 28.4 Å². The zero-order valence-electron chi connectivity index (χ0n) is 11.9. The molecule has 2 aromatic rings. The smallest absolute Gasteiger partial charge is 0.371 e. The highest BCUT2D eigenvalue weighted by Crippen LogP contribution is 2.52. The highest BCUT2D eigenvalue weighted by atomic mass is 16.4. The van der Waals surface area contributed by atoms with E-state index in [4.69, 9.17) is 9.52 Å². The molecule has 2 heterocycles. The predicted octanol–water partition coefficient (Wildman–Crippen LogP) is 2.67. The lowest BCUT2D eigenvalue weighted by molar-refractivity contribution is 0.0637. The number of nitrogens with zero attached hydrogens (tertiary/aromatic N) is 1. The van der Waals surface area contributed by atoms with Gasteiger partial charge in [-0.05, 0) is 36.1 Å². The Morgan fingerprint density at radius 2 is 1.82 bits per heavy atom. The summed E-state index contributed by atoms with van der Waals surface area (Å²) < 4.78 is 5.15. The van der Waals surface area contributed by atoms with E-state index in [0.29, 0.717) is 13.1 Å². The van der Waals surface area contributed by atoms with Gasteiger partial charge in [-0.3, -0.25) is 4.79 Å². The number of benzene rings is 1. The van der Waals surface area contributed by atoms with E-state index in [1.807, 2.05) is 12.1 Å². The summed E-state index contributed by atoms with van der Waals surface area (Å²) >= 11 is 0. The van der Waals surface area contributed by atoms with E-state index in [2.05, 4.69) is 12.1 Å². The first-order valence-electron chi connectivity index (χ1n) is 7.30. The molecule has 0 unspecified atom stereocenters. The van der Waals surface area contributed by atoms with Crippen molar-refractivity contribution in [1.29, 1.82) is 0 Å². The Labute approximate surface area is 127 Å². The van der Waals surface area contributed by atoms with Crippen LogP contribution in [0, 0.1) is 0 Å².